The molecule has 8 heteroatoms. The molecule has 0 bridgehead atoms. The molecule has 0 aliphatic carbocycles. The molecule has 0 saturated heterocycles. The number of hydrogen-bond donors (Lipinski definition) is 2. The van der Waals surface area contributed by atoms with E-state index < -0.39 is 18.5 Å². The molecular formula is C14H22N3O3PS. The van der Waals surface area contributed by atoms with E-state index in [1.807, 2.05) is 13.8 Å². The molecule has 1 aromatic rings. The first-order chi connectivity index (χ1) is 10.2. The molecule has 1 rings (SSSR count). The van der Waals surface area contributed by atoms with Crippen LogP contribution in [0.1, 0.15) is 41.0 Å². The van der Waals surface area contributed by atoms with Crippen molar-refractivity contribution in [3.05, 3.63) is 35.4 Å². The third-order valence-corrected chi connectivity index (χ3v) is 9.00. The van der Waals surface area contributed by atoms with Gasteiger partial charge < -0.3 is 5.73 Å². The van der Waals surface area contributed by atoms with Gasteiger partial charge in [-0.15, -0.1) is 0 Å². The molecule has 22 heavy (non-hydrogen) atoms. The summed E-state index contributed by atoms with van der Waals surface area (Å²) < 4.78 is 14.2. The number of primary amides is 1. The third-order valence-electron chi connectivity index (χ3n) is 3.26. The predicted molar refractivity (Wildman–Crippen MR) is 91.1 cm³/mol. The van der Waals surface area contributed by atoms with Crippen molar-refractivity contribution < 1.29 is 14.2 Å². The number of hydrogen-bond acceptors (Lipinski definition) is 4. The summed E-state index contributed by atoms with van der Waals surface area (Å²) >= 11 is 1.25. The van der Waals surface area contributed by atoms with Gasteiger partial charge in [0.25, 0.3) is 12.6 Å². The van der Waals surface area contributed by atoms with E-state index in [0.29, 0.717) is 0 Å². The molecule has 0 radical (unpaired) electrons. The first-order valence-corrected chi connectivity index (χ1v) is 10.1. The molecule has 2 unspecified atom stereocenters. The second-order valence-corrected chi connectivity index (χ2v) is 10.1. The molecule has 2 atom stereocenters. The monoisotopic (exact) mass is 343 g/mol. The van der Waals surface area contributed by atoms with Crippen molar-refractivity contribution in [1.29, 1.82) is 0 Å². The second kappa shape index (κ2) is 7.81. The van der Waals surface area contributed by atoms with E-state index in [9.17, 15) is 14.2 Å². The summed E-state index contributed by atoms with van der Waals surface area (Å²) in [5, 5.41) is 2.91. The Hall–Kier alpha value is -1.30. The largest absolute Gasteiger partial charge is 0.366 e. The lowest BCUT2D eigenvalue weighted by molar-refractivity contribution is 0.0882. The minimum atomic E-state index is -3.09. The van der Waals surface area contributed by atoms with Crippen LogP contribution in [0, 0.1) is 0 Å². The highest BCUT2D eigenvalue weighted by molar-refractivity contribution is 8.57. The molecule has 0 aromatic heterocycles. The second-order valence-electron chi connectivity index (χ2n) is 4.84. The molecule has 0 aliphatic rings. The fourth-order valence-corrected chi connectivity index (χ4v) is 6.12. The lowest BCUT2D eigenvalue weighted by Gasteiger charge is -2.29. The van der Waals surface area contributed by atoms with Crippen LogP contribution in [0.15, 0.2) is 24.3 Å². The minimum Gasteiger partial charge on any atom is -0.366 e. The normalized spacial score (nSPS) is 14.9. The first kappa shape index (κ1) is 18.7. The van der Waals surface area contributed by atoms with E-state index in [4.69, 9.17) is 5.73 Å². The van der Waals surface area contributed by atoms with Crippen LogP contribution in [0.3, 0.4) is 0 Å². The number of carbonyl (C=O) groups excluding carboxylic acids is 2. The molecule has 0 spiro atoms. The van der Waals surface area contributed by atoms with Gasteiger partial charge >= 0.3 is 0 Å². The summed E-state index contributed by atoms with van der Waals surface area (Å²) in [4.78, 5) is 23.8. The summed E-state index contributed by atoms with van der Waals surface area (Å²) in [5.41, 5.74) is 5.74. The van der Waals surface area contributed by atoms with Gasteiger partial charge in [0.05, 0.1) is 0 Å². The Bertz CT molecular complexity index is 609. The van der Waals surface area contributed by atoms with Crippen LogP contribution < -0.4 is 10.8 Å². The predicted octanol–water partition coefficient (Wildman–Crippen LogP) is 2.72. The van der Waals surface area contributed by atoms with Crippen LogP contribution in [-0.4, -0.2) is 35.8 Å². The molecule has 0 heterocycles. The Morgan fingerprint density at radius 1 is 1.41 bits per heavy atom. The van der Waals surface area contributed by atoms with Crippen LogP contribution in [0.5, 0.6) is 0 Å². The molecule has 0 fully saturated rings. The summed E-state index contributed by atoms with van der Waals surface area (Å²) in [6.45, 7) is 0.865. The molecule has 122 valence electrons. The van der Waals surface area contributed by atoms with E-state index >= 15 is 0 Å². The molecule has 0 saturated carbocycles. The van der Waals surface area contributed by atoms with Gasteiger partial charge in [-0.05, 0) is 31.7 Å². The van der Waals surface area contributed by atoms with Gasteiger partial charge in [-0.25, -0.2) is 5.09 Å². The zero-order valence-corrected chi connectivity index (χ0v) is 14.9. The maximum atomic E-state index is 13.0. The Morgan fingerprint density at radius 3 is 2.50 bits per heavy atom. The summed E-state index contributed by atoms with van der Waals surface area (Å²) in [5.74, 6) is -1.03. The highest BCUT2D eigenvalue weighted by Crippen LogP contribution is 2.59. The fourth-order valence-electron chi connectivity index (χ4n) is 1.70. The highest BCUT2D eigenvalue weighted by atomic mass is 32.7. The zero-order chi connectivity index (χ0) is 16.9. The zero-order valence-electron chi connectivity index (χ0n) is 13.2. The van der Waals surface area contributed by atoms with Crippen molar-refractivity contribution in [3.63, 3.8) is 0 Å². The Labute approximate surface area is 135 Å². The number of benzene rings is 1. The van der Waals surface area contributed by atoms with Crippen LogP contribution in [0.2, 0.25) is 0 Å². The van der Waals surface area contributed by atoms with Crippen molar-refractivity contribution in [2.24, 2.45) is 5.73 Å². The quantitative estimate of drug-likeness (QED) is 0.743. The van der Waals surface area contributed by atoms with E-state index in [1.165, 1.54) is 35.2 Å². The number of nitrogens with one attached hydrogen (secondary N) is 1. The maximum absolute atomic E-state index is 13.0. The number of nitrogens with zero attached hydrogens (tertiary/aromatic N) is 1. The van der Waals surface area contributed by atoms with Crippen molar-refractivity contribution in [3.8, 4) is 0 Å². The third kappa shape index (κ3) is 4.35. The van der Waals surface area contributed by atoms with Crippen LogP contribution in [-0.2, 0) is 4.57 Å². The molecular weight excluding hydrogens is 321 g/mol. The van der Waals surface area contributed by atoms with Gasteiger partial charge in [0, 0.05) is 23.4 Å². The number of rotatable bonds is 7. The lowest BCUT2D eigenvalue weighted by atomic mass is 10.1. The number of amides is 2. The molecule has 2 amide bonds. The topological polar surface area (TPSA) is 92.5 Å². The summed E-state index contributed by atoms with van der Waals surface area (Å²) in [6, 6.07) is 6.09. The fraction of sp³-hybridized carbons (Fsp3) is 0.429. The van der Waals surface area contributed by atoms with Crippen LogP contribution in [0.25, 0.3) is 0 Å². The molecule has 0 aliphatic heterocycles. The Balaban J connectivity index is 3.07. The van der Waals surface area contributed by atoms with E-state index in [-0.39, 0.29) is 16.4 Å². The average Bonchev–Trinajstić information content (AvgIpc) is 2.53. The average molecular weight is 343 g/mol. The Morgan fingerprint density at radius 2 is 2.00 bits per heavy atom. The van der Waals surface area contributed by atoms with Gasteiger partial charge in [0.2, 0.25) is 5.91 Å². The number of carbonyl (C=O) groups is 2. The number of nitrogens with two attached hydrogens (primary N) is 1. The Kier molecular flexibility index (Phi) is 6.66. The maximum Gasteiger partial charge on any atom is 0.294 e. The molecule has 3 N–H and O–H groups in total. The van der Waals surface area contributed by atoms with E-state index in [1.54, 1.807) is 19.2 Å². The van der Waals surface area contributed by atoms with Gasteiger partial charge in [-0.2, -0.15) is 0 Å². The molecule has 1 aromatic carbocycles. The van der Waals surface area contributed by atoms with Crippen LogP contribution >= 0.6 is 18.0 Å². The standard InChI is InChI=1S/C14H22N3O3PS/c1-5-10(2)22-21(20,16-3)17(4)14(19)12-8-6-7-11(9-12)13(15)18/h6-10H,5H2,1-4H3,(H2,15,18)(H,16,20). The molecule has 6 nitrogen and oxygen atoms in total. The lowest BCUT2D eigenvalue weighted by Crippen LogP contribution is -2.28. The van der Waals surface area contributed by atoms with Crippen LogP contribution in [0.4, 0.5) is 0 Å². The smallest absolute Gasteiger partial charge is 0.294 e. The highest BCUT2D eigenvalue weighted by Gasteiger charge is 2.33. The minimum absolute atomic E-state index is 0.144. The van der Waals surface area contributed by atoms with Crippen molar-refractivity contribution in [2.45, 2.75) is 25.5 Å². The van der Waals surface area contributed by atoms with E-state index in [2.05, 4.69) is 5.09 Å². The van der Waals surface area contributed by atoms with E-state index in [0.717, 1.165) is 6.42 Å². The van der Waals surface area contributed by atoms with Crippen molar-refractivity contribution >= 4 is 29.8 Å². The van der Waals surface area contributed by atoms with Crippen molar-refractivity contribution in [1.82, 2.24) is 9.76 Å². The first-order valence-electron chi connectivity index (χ1n) is 6.91. The van der Waals surface area contributed by atoms with Crippen molar-refractivity contribution in [2.75, 3.05) is 14.1 Å². The summed E-state index contributed by atoms with van der Waals surface area (Å²) in [6.07, 6.45) is 0.843. The van der Waals surface area contributed by atoms with Gasteiger partial charge in [-0.1, -0.05) is 31.3 Å². The van der Waals surface area contributed by atoms with Gasteiger partial charge in [0.1, 0.15) is 0 Å². The van der Waals surface area contributed by atoms with Gasteiger partial charge in [-0.3, -0.25) is 18.8 Å². The SMILES string of the molecule is CCC(C)SP(=O)(NC)N(C)C(=O)c1cccc(C(N)=O)c1. The van der Waals surface area contributed by atoms with Gasteiger partial charge in [0.15, 0.2) is 0 Å². The summed E-state index contributed by atoms with van der Waals surface area (Å²) in [7, 11) is 3.06.